The molecule has 0 aliphatic carbocycles. The predicted molar refractivity (Wildman–Crippen MR) is 87.2 cm³/mol. The smallest absolute Gasteiger partial charge is 0.0712 e. The van der Waals surface area contributed by atoms with Gasteiger partial charge < -0.3 is 0 Å². The summed E-state index contributed by atoms with van der Waals surface area (Å²) >= 11 is 6.09. The highest BCUT2D eigenvalue weighted by atomic mass is 79.9. The summed E-state index contributed by atoms with van der Waals surface area (Å²) in [5, 5.41) is 1.84. The number of aromatic nitrogens is 1. The topological polar surface area (TPSA) is 12.9 Å². The molecule has 0 aliphatic rings. The first-order valence-electron chi connectivity index (χ1n) is 5.86. The minimum absolute atomic E-state index is 0. The van der Waals surface area contributed by atoms with Gasteiger partial charge in [0.05, 0.1) is 5.52 Å². The second-order valence-corrected chi connectivity index (χ2v) is 4.78. The fourth-order valence-electron chi connectivity index (χ4n) is 2.19. The Morgan fingerprint density at radius 1 is 0.947 bits per heavy atom. The van der Waals surface area contributed by atoms with Crippen LogP contribution in [0.4, 0.5) is 0 Å². The van der Waals surface area contributed by atoms with Crippen LogP contribution in [0.25, 0.3) is 22.0 Å². The van der Waals surface area contributed by atoms with Crippen molar-refractivity contribution >= 4 is 39.5 Å². The number of fused-ring (bicyclic) bond motifs is 1. The van der Waals surface area contributed by atoms with E-state index in [9.17, 15) is 0 Å². The summed E-state index contributed by atoms with van der Waals surface area (Å²) < 4.78 is 0. The molecular formula is C16H13BrClN. The van der Waals surface area contributed by atoms with Crippen LogP contribution >= 0.6 is 28.6 Å². The van der Waals surface area contributed by atoms with Gasteiger partial charge in [0, 0.05) is 16.1 Å². The third-order valence-corrected chi connectivity index (χ3v) is 3.22. The first-order valence-corrected chi connectivity index (χ1v) is 6.24. The number of aryl methyl sites for hydroxylation is 1. The molecule has 0 amide bonds. The van der Waals surface area contributed by atoms with Gasteiger partial charge in [-0.05, 0) is 42.3 Å². The Kier molecular flexibility index (Phi) is 4.23. The molecule has 0 spiro atoms. The summed E-state index contributed by atoms with van der Waals surface area (Å²) in [4.78, 5) is 4.54. The van der Waals surface area contributed by atoms with Crippen LogP contribution in [0.3, 0.4) is 0 Å². The van der Waals surface area contributed by atoms with E-state index < -0.39 is 0 Å². The maximum Gasteiger partial charge on any atom is 0.0712 e. The molecule has 3 rings (SSSR count). The third-order valence-electron chi connectivity index (χ3n) is 2.98. The molecule has 3 aromatic rings. The number of nitrogens with zero attached hydrogens (tertiary/aromatic N) is 1. The van der Waals surface area contributed by atoms with Crippen molar-refractivity contribution < 1.29 is 0 Å². The highest BCUT2D eigenvalue weighted by molar-refractivity contribution is 8.93. The summed E-state index contributed by atoms with van der Waals surface area (Å²) in [6.07, 6.45) is 0. The Bertz CT molecular complexity index is 711. The van der Waals surface area contributed by atoms with Crippen LogP contribution < -0.4 is 0 Å². The zero-order valence-electron chi connectivity index (χ0n) is 10.4. The van der Waals surface area contributed by atoms with Crippen LogP contribution in [0.15, 0.2) is 54.6 Å². The number of pyridine rings is 1. The highest BCUT2D eigenvalue weighted by Crippen LogP contribution is 2.30. The zero-order chi connectivity index (χ0) is 12.5. The maximum atomic E-state index is 6.09. The molecule has 0 bridgehead atoms. The Morgan fingerprint density at radius 2 is 1.68 bits per heavy atom. The molecule has 1 heterocycles. The molecule has 0 N–H and O–H groups in total. The number of hydrogen-bond donors (Lipinski definition) is 0. The van der Waals surface area contributed by atoms with E-state index in [1.165, 1.54) is 11.1 Å². The zero-order valence-corrected chi connectivity index (χ0v) is 12.9. The Labute approximate surface area is 128 Å². The van der Waals surface area contributed by atoms with E-state index in [2.05, 4.69) is 23.2 Å². The van der Waals surface area contributed by atoms with E-state index in [-0.39, 0.29) is 17.0 Å². The van der Waals surface area contributed by atoms with Crippen LogP contribution in [0.1, 0.15) is 5.69 Å². The normalized spacial score (nSPS) is 10.2. The molecule has 0 saturated carbocycles. The number of hydrogen-bond acceptors (Lipinski definition) is 1. The Balaban J connectivity index is 0.00000133. The van der Waals surface area contributed by atoms with Crippen LogP contribution in [0.2, 0.25) is 5.02 Å². The number of benzene rings is 2. The molecule has 0 fully saturated rings. The lowest BCUT2D eigenvalue weighted by atomic mass is 10.0. The van der Waals surface area contributed by atoms with E-state index in [4.69, 9.17) is 11.6 Å². The summed E-state index contributed by atoms with van der Waals surface area (Å²) in [5.41, 5.74) is 4.37. The van der Waals surface area contributed by atoms with E-state index in [1.807, 2.05) is 43.3 Å². The first-order chi connectivity index (χ1) is 8.74. The number of rotatable bonds is 1. The lowest BCUT2D eigenvalue weighted by Crippen LogP contribution is -1.88. The van der Waals surface area contributed by atoms with Gasteiger partial charge in [-0.15, -0.1) is 17.0 Å². The molecule has 96 valence electrons. The summed E-state index contributed by atoms with van der Waals surface area (Å²) in [6.45, 7) is 2.01. The van der Waals surface area contributed by atoms with Gasteiger partial charge in [-0.2, -0.15) is 0 Å². The van der Waals surface area contributed by atoms with E-state index in [0.717, 1.165) is 21.6 Å². The van der Waals surface area contributed by atoms with Crippen molar-refractivity contribution in [2.75, 3.05) is 0 Å². The van der Waals surface area contributed by atoms with Gasteiger partial charge in [-0.25, -0.2) is 0 Å². The quantitative estimate of drug-likeness (QED) is 0.577. The predicted octanol–water partition coefficient (Wildman–Crippen LogP) is 5.44. The van der Waals surface area contributed by atoms with Gasteiger partial charge in [-0.1, -0.05) is 41.9 Å². The van der Waals surface area contributed by atoms with Crippen LogP contribution in [0, 0.1) is 6.92 Å². The van der Waals surface area contributed by atoms with Gasteiger partial charge in [-0.3, -0.25) is 4.98 Å². The third kappa shape index (κ3) is 2.80. The lowest BCUT2D eigenvalue weighted by molar-refractivity contribution is 1.26. The van der Waals surface area contributed by atoms with Crippen molar-refractivity contribution in [3.63, 3.8) is 0 Å². The average molecular weight is 335 g/mol. The van der Waals surface area contributed by atoms with Crippen molar-refractivity contribution in [3.05, 3.63) is 65.3 Å². The minimum Gasteiger partial charge on any atom is -0.253 e. The van der Waals surface area contributed by atoms with Crippen molar-refractivity contribution in [3.8, 4) is 11.1 Å². The second-order valence-electron chi connectivity index (χ2n) is 4.34. The second kappa shape index (κ2) is 5.72. The van der Waals surface area contributed by atoms with Crippen molar-refractivity contribution in [1.82, 2.24) is 4.98 Å². The van der Waals surface area contributed by atoms with Gasteiger partial charge in [0.15, 0.2) is 0 Å². The fourth-order valence-corrected chi connectivity index (χ4v) is 2.36. The fraction of sp³-hybridized carbons (Fsp3) is 0.0625. The molecule has 0 unspecified atom stereocenters. The van der Waals surface area contributed by atoms with Gasteiger partial charge in [0.2, 0.25) is 0 Å². The van der Waals surface area contributed by atoms with E-state index in [1.54, 1.807) is 0 Å². The molecule has 1 aromatic heterocycles. The molecule has 3 heteroatoms. The van der Waals surface area contributed by atoms with Crippen LogP contribution in [0.5, 0.6) is 0 Å². The molecular weight excluding hydrogens is 322 g/mol. The van der Waals surface area contributed by atoms with Crippen molar-refractivity contribution in [2.45, 2.75) is 6.92 Å². The molecule has 1 nitrogen and oxygen atoms in total. The standard InChI is InChI=1S/C16H12ClN.BrH/c1-11-9-14(12-5-3-2-4-6-12)15-10-13(17)7-8-16(15)18-11;/h2-10H,1H3;1H. The average Bonchev–Trinajstić information content (AvgIpc) is 2.39. The summed E-state index contributed by atoms with van der Waals surface area (Å²) in [7, 11) is 0. The molecule has 0 atom stereocenters. The molecule has 19 heavy (non-hydrogen) atoms. The Morgan fingerprint density at radius 3 is 2.42 bits per heavy atom. The van der Waals surface area contributed by atoms with Gasteiger partial charge >= 0.3 is 0 Å². The first kappa shape index (κ1) is 14.0. The summed E-state index contributed by atoms with van der Waals surface area (Å²) in [6, 6.07) is 18.3. The SMILES string of the molecule is Br.Cc1cc(-c2ccccc2)c2cc(Cl)ccc2n1. The molecule has 0 saturated heterocycles. The molecule has 0 radical (unpaired) electrons. The summed E-state index contributed by atoms with van der Waals surface area (Å²) in [5.74, 6) is 0. The van der Waals surface area contributed by atoms with Gasteiger partial charge in [0.25, 0.3) is 0 Å². The Hall–Kier alpha value is -1.38. The van der Waals surface area contributed by atoms with E-state index >= 15 is 0 Å². The van der Waals surface area contributed by atoms with Gasteiger partial charge in [0.1, 0.15) is 0 Å². The number of halogens is 2. The largest absolute Gasteiger partial charge is 0.253 e. The lowest BCUT2D eigenvalue weighted by Gasteiger charge is -2.08. The molecule has 2 aromatic carbocycles. The van der Waals surface area contributed by atoms with Crippen molar-refractivity contribution in [2.24, 2.45) is 0 Å². The van der Waals surface area contributed by atoms with Crippen LogP contribution in [-0.2, 0) is 0 Å². The van der Waals surface area contributed by atoms with E-state index in [0.29, 0.717) is 0 Å². The van der Waals surface area contributed by atoms with Crippen molar-refractivity contribution in [1.29, 1.82) is 0 Å². The monoisotopic (exact) mass is 333 g/mol. The highest BCUT2D eigenvalue weighted by Gasteiger charge is 2.06. The maximum absolute atomic E-state index is 6.09. The minimum atomic E-state index is 0. The van der Waals surface area contributed by atoms with Crippen LogP contribution in [-0.4, -0.2) is 4.98 Å². The molecule has 0 aliphatic heterocycles.